The molecule has 0 aliphatic rings. The van der Waals surface area contributed by atoms with Crippen LogP contribution in [0.15, 0.2) is 54.6 Å². The van der Waals surface area contributed by atoms with Crippen molar-refractivity contribution in [2.75, 3.05) is 11.9 Å². The van der Waals surface area contributed by atoms with Crippen LogP contribution in [-0.2, 0) is 14.3 Å². The summed E-state index contributed by atoms with van der Waals surface area (Å²) in [4.78, 5) is 35.3. The number of anilines is 1. The lowest BCUT2D eigenvalue weighted by atomic mass is 10.0. The highest BCUT2D eigenvalue weighted by atomic mass is 16.5. The lowest BCUT2D eigenvalue weighted by Crippen LogP contribution is -2.32. The van der Waals surface area contributed by atoms with Gasteiger partial charge in [-0.15, -0.1) is 0 Å². The number of rotatable bonds is 8. The van der Waals surface area contributed by atoms with Gasteiger partial charge in [0.25, 0.3) is 5.91 Å². The number of hydrogen-bond acceptors (Lipinski definition) is 4. The second-order valence-electron chi connectivity index (χ2n) is 6.15. The molecule has 6 heteroatoms. The van der Waals surface area contributed by atoms with Crippen LogP contribution in [0.1, 0.15) is 48.7 Å². The normalized spacial score (nSPS) is 11.3. The Kier molecular flexibility index (Phi) is 7.55. The third kappa shape index (κ3) is 6.58. The molecule has 1 atom stereocenters. The summed E-state index contributed by atoms with van der Waals surface area (Å²) >= 11 is 0. The van der Waals surface area contributed by atoms with Crippen LogP contribution in [0.5, 0.6) is 0 Å². The first-order valence-corrected chi connectivity index (χ1v) is 8.88. The first-order chi connectivity index (χ1) is 13.0. The van der Waals surface area contributed by atoms with E-state index < -0.39 is 5.97 Å². The van der Waals surface area contributed by atoms with Crippen molar-refractivity contribution < 1.29 is 19.1 Å². The molecule has 2 amide bonds. The molecule has 2 aromatic rings. The summed E-state index contributed by atoms with van der Waals surface area (Å²) in [6.07, 6.45) is 1.72. The van der Waals surface area contributed by atoms with Gasteiger partial charge in [-0.2, -0.15) is 0 Å². The maximum absolute atomic E-state index is 12.2. The number of hydrogen-bond donors (Lipinski definition) is 2. The van der Waals surface area contributed by atoms with E-state index in [2.05, 4.69) is 10.6 Å². The van der Waals surface area contributed by atoms with Crippen molar-refractivity contribution in [2.45, 2.75) is 32.7 Å². The lowest BCUT2D eigenvalue weighted by molar-refractivity contribution is -0.125. The van der Waals surface area contributed by atoms with Crippen molar-refractivity contribution >= 4 is 23.5 Å². The average molecular weight is 368 g/mol. The van der Waals surface area contributed by atoms with E-state index >= 15 is 0 Å². The number of carbonyl (C=O) groups excluding carboxylic acids is 3. The maximum Gasteiger partial charge on any atom is 0.338 e. The molecule has 0 unspecified atom stereocenters. The van der Waals surface area contributed by atoms with E-state index in [4.69, 9.17) is 4.74 Å². The van der Waals surface area contributed by atoms with Crippen molar-refractivity contribution in [3.05, 3.63) is 65.7 Å². The first-order valence-electron chi connectivity index (χ1n) is 8.88. The predicted octanol–water partition coefficient (Wildman–Crippen LogP) is 3.46. The molecule has 0 aromatic heterocycles. The van der Waals surface area contributed by atoms with Gasteiger partial charge in [-0.1, -0.05) is 43.7 Å². The molecular formula is C21H24N2O4. The monoisotopic (exact) mass is 368 g/mol. The Hall–Kier alpha value is -3.15. The number of ether oxygens (including phenoxy) is 1. The average Bonchev–Trinajstić information content (AvgIpc) is 2.66. The maximum atomic E-state index is 12.2. The Morgan fingerprint density at radius 3 is 2.26 bits per heavy atom. The van der Waals surface area contributed by atoms with Gasteiger partial charge in [-0.05, 0) is 36.2 Å². The Bertz CT molecular complexity index is 773. The fourth-order valence-corrected chi connectivity index (χ4v) is 2.64. The molecule has 27 heavy (non-hydrogen) atoms. The van der Waals surface area contributed by atoms with E-state index in [1.807, 2.05) is 37.3 Å². The molecule has 2 N–H and O–H groups in total. The van der Waals surface area contributed by atoms with Gasteiger partial charge in [0.15, 0.2) is 6.61 Å². The van der Waals surface area contributed by atoms with Gasteiger partial charge in [-0.3, -0.25) is 9.59 Å². The van der Waals surface area contributed by atoms with Gasteiger partial charge >= 0.3 is 5.97 Å². The van der Waals surface area contributed by atoms with E-state index in [0.717, 1.165) is 18.4 Å². The van der Waals surface area contributed by atoms with E-state index in [-0.39, 0.29) is 24.5 Å². The third-order valence-electron chi connectivity index (χ3n) is 3.89. The first kappa shape index (κ1) is 20.2. The number of esters is 1. The van der Waals surface area contributed by atoms with E-state index in [0.29, 0.717) is 11.3 Å². The molecule has 0 saturated heterocycles. The van der Waals surface area contributed by atoms with E-state index in [1.54, 1.807) is 12.1 Å². The molecule has 0 radical (unpaired) electrons. The summed E-state index contributed by atoms with van der Waals surface area (Å²) in [7, 11) is 0. The highest BCUT2D eigenvalue weighted by Crippen LogP contribution is 2.18. The van der Waals surface area contributed by atoms with Gasteiger partial charge in [0.05, 0.1) is 11.6 Å². The largest absolute Gasteiger partial charge is 0.452 e. The van der Waals surface area contributed by atoms with E-state index in [9.17, 15) is 14.4 Å². The second-order valence-corrected chi connectivity index (χ2v) is 6.15. The number of nitrogens with one attached hydrogen (secondary N) is 2. The molecule has 0 fully saturated rings. The number of benzene rings is 2. The van der Waals surface area contributed by atoms with Gasteiger partial charge in [-0.25, -0.2) is 4.79 Å². The molecular weight excluding hydrogens is 344 g/mol. The lowest BCUT2D eigenvalue weighted by Gasteiger charge is -2.18. The fourth-order valence-electron chi connectivity index (χ4n) is 2.64. The minimum absolute atomic E-state index is 0.112. The van der Waals surface area contributed by atoms with Gasteiger partial charge in [0, 0.05) is 12.6 Å². The van der Waals surface area contributed by atoms with Crippen molar-refractivity contribution in [1.82, 2.24) is 5.32 Å². The topological polar surface area (TPSA) is 84.5 Å². The molecule has 2 rings (SSSR count). The number of carbonyl (C=O) groups is 3. The summed E-state index contributed by atoms with van der Waals surface area (Å²) in [6.45, 7) is 3.11. The van der Waals surface area contributed by atoms with Crippen LogP contribution in [0.4, 0.5) is 5.69 Å². The predicted molar refractivity (Wildman–Crippen MR) is 103 cm³/mol. The second kappa shape index (κ2) is 10.1. The summed E-state index contributed by atoms with van der Waals surface area (Å²) in [5.74, 6) is -1.13. The highest BCUT2D eigenvalue weighted by Gasteiger charge is 2.15. The van der Waals surface area contributed by atoms with Crippen LogP contribution >= 0.6 is 0 Å². The summed E-state index contributed by atoms with van der Waals surface area (Å²) < 4.78 is 5.09. The molecule has 0 spiro atoms. The Morgan fingerprint density at radius 2 is 1.67 bits per heavy atom. The van der Waals surface area contributed by atoms with Gasteiger partial charge < -0.3 is 15.4 Å². The van der Waals surface area contributed by atoms with Gasteiger partial charge in [0.1, 0.15) is 0 Å². The molecule has 0 aliphatic carbocycles. The molecule has 0 bridgehead atoms. The molecule has 6 nitrogen and oxygen atoms in total. The zero-order valence-corrected chi connectivity index (χ0v) is 15.5. The number of amides is 2. The van der Waals surface area contributed by atoms with Gasteiger partial charge in [0.2, 0.25) is 5.91 Å². The van der Waals surface area contributed by atoms with E-state index in [1.165, 1.54) is 19.1 Å². The van der Waals surface area contributed by atoms with Crippen LogP contribution in [0.25, 0.3) is 0 Å². The standard InChI is InChI=1S/C21H24N2O4/c1-3-7-19(16-8-5-4-6-9-16)23-20(25)14-27-21(26)17-10-12-18(13-11-17)22-15(2)24/h4-6,8-13,19H,3,7,14H2,1-2H3,(H,22,24)(H,23,25)/t19-/m0/s1. The van der Waals surface area contributed by atoms with Crippen LogP contribution in [0, 0.1) is 0 Å². The third-order valence-corrected chi connectivity index (χ3v) is 3.89. The van der Waals surface area contributed by atoms with Crippen molar-refractivity contribution in [2.24, 2.45) is 0 Å². The summed E-state index contributed by atoms with van der Waals surface area (Å²) in [6, 6.07) is 15.9. The quantitative estimate of drug-likeness (QED) is 0.699. The smallest absolute Gasteiger partial charge is 0.338 e. The molecule has 142 valence electrons. The molecule has 0 heterocycles. The zero-order chi connectivity index (χ0) is 19.6. The van der Waals surface area contributed by atoms with Crippen LogP contribution in [0.2, 0.25) is 0 Å². The minimum atomic E-state index is -0.591. The minimum Gasteiger partial charge on any atom is -0.452 e. The highest BCUT2D eigenvalue weighted by molar-refractivity contribution is 5.93. The van der Waals surface area contributed by atoms with Crippen LogP contribution in [0.3, 0.4) is 0 Å². The zero-order valence-electron chi connectivity index (χ0n) is 15.5. The SMILES string of the molecule is CCC[C@H](NC(=O)COC(=O)c1ccc(NC(C)=O)cc1)c1ccccc1. The fraction of sp³-hybridized carbons (Fsp3) is 0.286. The Balaban J connectivity index is 1.88. The van der Waals surface area contributed by atoms with Crippen LogP contribution in [-0.4, -0.2) is 24.4 Å². The molecule has 2 aromatic carbocycles. The van der Waals surface area contributed by atoms with Crippen molar-refractivity contribution in [1.29, 1.82) is 0 Å². The van der Waals surface area contributed by atoms with Crippen molar-refractivity contribution in [3.63, 3.8) is 0 Å². The van der Waals surface area contributed by atoms with Crippen LogP contribution < -0.4 is 10.6 Å². The summed E-state index contributed by atoms with van der Waals surface area (Å²) in [5.41, 5.74) is 1.92. The molecule has 0 saturated carbocycles. The summed E-state index contributed by atoms with van der Waals surface area (Å²) in [5, 5.41) is 5.52. The Morgan fingerprint density at radius 1 is 1.00 bits per heavy atom. The Labute approximate surface area is 158 Å². The molecule has 0 aliphatic heterocycles. The van der Waals surface area contributed by atoms with Crippen molar-refractivity contribution in [3.8, 4) is 0 Å².